The van der Waals surface area contributed by atoms with E-state index in [0.29, 0.717) is 17.9 Å². The zero-order valence-corrected chi connectivity index (χ0v) is 27.9. The van der Waals surface area contributed by atoms with Crippen molar-refractivity contribution < 1.29 is 0 Å². The fourth-order valence-electron chi connectivity index (χ4n) is 11.9. The van der Waals surface area contributed by atoms with Crippen molar-refractivity contribution in [2.24, 2.45) is 11.3 Å². The van der Waals surface area contributed by atoms with E-state index in [1.54, 1.807) is 22.3 Å². The van der Waals surface area contributed by atoms with Crippen LogP contribution in [-0.2, 0) is 10.8 Å². The van der Waals surface area contributed by atoms with Crippen LogP contribution in [0.25, 0.3) is 11.1 Å². The lowest BCUT2D eigenvalue weighted by atomic mass is 9.48. The van der Waals surface area contributed by atoms with Crippen molar-refractivity contribution in [1.29, 1.82) is 0 Å². The summed E-state index contributed by atoms with van der Waals surface area (Å²) in [7, 11) is 0. The van der Waals surface area contributed by atoms with Crippen molar-refractivity contribution >= 4 is 11.4 Å². The molecule has 2 heterocycles. The van der Waals surface area contributed by atoms with Gasteiger partial charge in [-0.15, -0.1) is 6.58 Å². The Labute approximate surface area is 260 Å². The minimum atomic E-state index is -0.0326. The number of hydrogen-bond acceptors (Lipinski definition) is 1. The van der Waals surface area contributed by atoms with Crippen LogP contribution in [0.5, 0.6) is 0 Å². The summed E-state index contributed by atoms with van der Waals surface area (Å²) in [5.74, 6) is 2.68. The highest BCUT2D eigenvalue weighted by Gasteiger charge is 2.62. The first-order chi connectivity index (χ1) is 20.6. The van der Waals surface area contributed by atoms with Crippen LogP contribution in [0.2, 0.25) is 0 Å². The van der Waals surface area contributed by atoms with E-state index in [2.05, 4.69) is 109 Å². The zero-order chi connectivity index (χ0) is 30.2. The van der Waals surface area contributed by atoms with E-state index in [1.807, 2.05) is 0 Å². The lowest BCUT2D eigenvalue weighted by Gasteiger charge is -2.64. The third-order valence-corrected chi connectivity index (χ3v) is 14.2. The number of nitrogens with zero attached hydrogens (tertiary/aromatic N) is 1. The second-order valence-electron chi connectivity index (χ2n) is 15.7. The van der Waals surface area contributed by atoms with Gasteiger partial charge in [-0.3, -0.25) is 0 Å². The number of anilines is 2. The topological polar surface area (TPSA) is 3.24 Å². The van der Waals surface area contributed by atoms with E-state index in [0.717, 1.165) is 24.7 Å². The lowest BCUT2D eigenvalue weighted by molar-refractivity contribution is 0.0789. The van der Waals surface area contributed by atoms with E-state index in [1.165, 1.54) is 64.9 Å². The summed E-state index contributed by atoms with van der Waals surface area (Å²) >= 11 is 0. The predicted octanol–water partition coefficient (Wildman–Crippen LogP) is 11.6. The summed E-state index contributed by atoms with van der Waals surface area (Å²) in [4.78, 5) is 2.92. The normalized spacial score (nSPS) is 33.8. The average molecular weight is 570 g/mol. The first-order valence-electron chi connectivity index (χ1n) is 17.5. The van der Waals surface area contributed by atoms with Gasteiger partial charge in [0.1, 0.15) is 0 Å². The highest BCUT2D eigenvalue weighted by molar-refractivity contribution is 5.88. The van der Waals surface area contributed by atoms with Gasteiger partial charge in [0.05, 0.1) is 0 Å². The van der Waals surface area contributed by atoms with Crippen molar-refractivity contribution in [3.63, 3.8) is 0 Å². The molecule has 3 aromatic carbocycles. The molecule has 0 N–H and O–H groups in total. The summed E-state index contributed by atoms with van der Waals surface area (Å²) in [6, 6.07) is 17.5. The van der Waals surface area contributed by atoms with E-state index >= 15 is 0 Å². The van der Waals surface area contributed by atoms with Crippen molar-refractivity contribution in [1.82, 2.24) is 0 Å². The Kier molecular flexibility index (Phi) is 5.73. The Morgan fingerprint density at radius 1 is 0.837 bits per heavy atom. The smallest absolute Gasteiger partial charge is 0.0475 e. The van der Waals surface area contributed by atoms with E-state index in [9.17, 15) is 0 Å². The summed E-state index contributed by atoms with van der Waals surface area (Å²) < 4.78 is 0. The third-order valence-electron chi connectivity index (χ3n) is 14.2. The zero-order valence-electron chi connectivity index (χ0n) is 27.9. The Morgan fingerprint density at radius 2 is 1.56 bits per heavy atom. The minimum Gasteiger partial charge on any atom is -0.337 e. The molecule has 43 heavy (non-hydrogen) atoms. The molecule has 2 bridgehead atoms. The number of hydrogen-bond donors (Lipinski definition) is 0. The fourth-order valence-corrected chi connectivity index (χ4v) is 11.9. The molecule has 0 spiro atoms. The molecule has 7 unspecified atom stereocenters. The molecule has 8 rings (SSSR count). The number of rotatable bonds is 4. The van der Waals surface area contributed by atoms with Gasteiger partial charge in [-0.25, -0.2) is 0 Å². The Balaban J connectivity index is 1.50. The fraction of sp³-hybridized carbons (Fsp3) is 0.524. The van der Waals surface area contributed by atoms with Gasteiger partial charge in [0.15, 0.2) is 0 Å². The number of aryl methyl sites for hydroxylation is 1. The Morgan fingerprint density at radius 3 is 2.23 bits per heavy atom. The van der Waals surface area contributed by atoms with Crippen LogP contribution in [-0.4, -0.2) is 6.04 Å². The van der Waals surface area contributed by atoms with Gasteiger partial charge >= 0.3 is 0 Å². The van der Waals surface area contributed by atoms with Crippen LogP contribution in [0.15, 0.2) is 55.1 Å². The van der Waals surface area contributed by atoms with Gasteiger partial charge in [0, 0.05) is 33.7 Å². The van der Waals surface area contributed by atoms with Crippen LogP contribution in [0.4, 0.5) is 11.4 Å². The molecule has 0 amide bonds. The molecule has 3 aromatic rings. The maximum absolute atomic E-state index is 4.70. The first-order valence-corrected chi connectivity index (χ1v) is 17.5. The number of benzene rings is 3. The molecule has 0 aromatic heterocycles. The quantitative estimate of drug-likeness (QED) is 0.282. The monoisotopic (exact) mass is 569 g/mol. The van der Waals surface area contributed by atoms with E-state index in [4.69, 9.17) is 6.58 Å². The van der Waals surface area contributed by atoms with Crippen molar-refractivity contribution in [2.45, 2.75) is 129 Å². The third kappa shape index (κ3) is 3.06. The van der Waals surface area contributed by atoms with Gasteiger partial charge in [-0.05, 0) is 131 Å². The highest BCUT2D eigenvalue weighted by atomic mass is 15.2. The molecule has 2 aliphatic heterocycles. The van der Waals surface area contributed by atoms with Gasteiger partial charge < -0.3 is 4.90 Å². The SMILES string of the molecule is C=CC1(CC)C2C(CC)C(C)c3c(cc(C)c4c3C3CCC4C3)N2c2cc3c(cc2C1(C)CC)-c1ccccc1C3(C)C. The summed E-state index contributed by atoms with van der Waals surface area (Å²) in [6.07, 6.45) is 10.00. The van der Waals surface area contributed by atoms with Gasteiger partial charge in [0.25, 0.3) is 0 Å². The second kappa shape index (κ2) is 8.89. The molecule has 5 aliphatic rings. The molecule has 224 valence electrons. The number of fused-ring (bicyclic) bond motifs is 14. The molecule has 3 aliphatic carbocycles. The van der Waals surface area contributed by atoms with E-state index in [-0.39, 0.29) is 16.2 Å². The van der Waals surface area contributed by atoms with Gasteiger partial charge in [-0.1, -0.05) is 85.2 Å². The molecular formula is C42H51N. The molecule has 1 nitrogen and oxygen atoms in total. The molecule has 0 radical (unpaired) electrons. The maximum Gasteiger partial charge on any atom is 0.0475 e. The predicted molar refractivity (Wildman–Crippen MR) is 183 cm³/mol. The van der Waals surface area contributed by atoms with Crippen LogP contribution in [0.3, 0.4) is 0 Å². The molecule has 1 heteroatoms. The van der Waals surface area contributed by atoms with Crippen LogP contribution >= 0.6 is 0 Å². The summed E-state index contributed by atoms with van der Waals surface area (Å²) in [5.41, 5.74) is 17.1. The van der Waals surface area contributed by atoms with Crippen LogP contribution in [0, 0.1) is 18.3 Å². The van der Waals surface area contributed by atoms with E-state index < -0.39 is 0 Å². The highest BCUT2D eigenvalue weighted by Crippen LogP contribution is 2.68. The average Bonchev–Trinajstić information content (AvgIpc) is 3.69. The molecule has 7 atom stereocenters. The Bertz CT molecular complexity index is 1690. The van der Waals surface area contributed by atoms with Gasteiger partial charge in [-0.2, -0.15) is 0 Å². The standard InChI is InChI=1S/C42H51N/c1-10-28-25(6)37-35(20-24(5)36-26-18-19-27(21-26)38(36)37)43-34-23-32-30(29-16-14-15-17-31(29)40(32,7)8)22-33(34)41(9,11-2)42(12-3,13-4)39(28)43/h12,14-17,20,22-23,25-28,39H,3,10-11,13,18-19,21H2,1-2,4-9H3. The molecular weight excluding hydrogens is 518 g/mol. The first kappa shape index (κ1) is 27.7. The second-order valence-corrected chi connectivity index (χ2v) is 15.7. The van der Waals surface area contributed by atoms with Crippen molar-refractivity contribution in [2.75, 3.05) is 4.90 Å². The van der Waals surface area contributed by atoms with Gasteiger partial charge in [0.2, 0.25) is 0 Å². The largest absolute Gasteiger partial charge is 0.337 e. The minimum absolute atomic E-state index is 0.00775. The van der Waals surface area contributed by atoms with Crippen molar-refractivity contribution in [3.8, 4) is 11.1 Å². The summed E-state index contributed by atoms with van der Waals surface area (Å²) in [6.45, 7) is 24.5. The molecule has 1 fully saturated rings. The molecule has 1 saturated carbocycles. The Hall–Kier alpha value is -2.80. The lowest BCUT2D eigenvalue weighted by Crippen LogP contribution is -2.64. The van der Waals surface area contributed by atoms with Crippen molar-refractivity contribution in [3.05, 3.63) is 94.1 Å². The molecule has 0 saturated heterocycles. The van der Waals surface area contributed by atoms with Crippen LogP contribution in [0.1, 0.15) is 144 Å². The summed E-state index contributed by atoms with van der Waals surface area (Å²) in [5, 5.41) is 0. The maximum atomic E-state index is 4.70. The van der Waals surface area contributed by atoms with Crippen LogP contribution < -0.4 is 4.90 Å².